The van der Waals surface area contributed by atoms with Crippen LogP contribution in [0.1, 0.15) is 28.1 Å². The largest absolute Gasteiger partial charge is 0.490 e. The Morgan fingerprint density at radius 1 is 0.875 bits per heavy atom. The second kappa shape index (κ2) is 13.7. The Morgan fingerprint density at radius 3 is 2.38 bits per heavy atom. The number of ether oxygens (including phenoxy) is 2. The lowest BCUT2D eigenvalue weighted by atomic mass is 10.0. The van der Waals surface area contributed by atoms with Crippen LogP contribution in [0, 0.1) is 6.92 Å². The molecule has 0 fully saturated rings. The topological polar surface area (TPSA) is 83.5 Å². The van der Waals surface area contributed by atoms with Crippen LogP contribution in [0.3, 0.4) is 0 Å². The summed E-state index contributed by atoms with van der Waals surface area (Å²) < 4.78 is 15.4. The lowest BCUT2D eigenvalue weighted by Crippen LogP contribution is -2.23. The smallest absolute Gasteiger partial charge is 0.291 e. The third kappa shape index (κ3) is 6.72. The molecule has 3 heterocycles. The average Bonchev–Trinajstić information content (AvgIpc) is 3.81. The van der Waals surface area contributed by atoms with E-state index in [0.717, 1.165) is 50.7 Å². The predicted octanol–water partition coefficient (Wildman–Crippen LogP) is 7.17. The van der Waals surface area contributed by atoms with Gasteiger partial charge in [-0.05, 0) is 78.2 Å². The quantitative estimate of drug-likeness (QED) is 0.138. The molecule has 0 aliphatic carbocycles. The van der Waals surface area contributed by atoms with Crippen molar-refractivity contribution >= 4 is 34.5 Å². The molecule has 7 rings (SSSR count). The molecule has 0 N–H and O–H groups in total. The van der Waals surface area contributed by atoms with Gasteiger partial charge in [0, 0.05) is 17.3 Å². The fourth-order valence-corrected chi connectivity index (χ4v) is 6.09. The van der Waals surface area contributed by atoms with Crippen LogP contribution < -0.4 is 19.6 Å². The number of aromatic nitrogens is 5. The molecule has 0 unspecified atom stereocenters. The Kier molecular flexibility index (Phi) is 8.76. The minimum atomic E-state index is -0.231. The second-order valence-corrected chi connectivity index (χ2v) is 12.1. The van der Waals surface area contributed by atoms with E-state index in [0.29, 0.717) is 28.5 Å². The maximum absolute atomic E-state index is 13.5. The number of thiazole rings is 1. The number of nitrogens with zero attached hydrogens (tertiary/aromatic N) is 5. The van der Waals surface area contributed by atoms with Crippen molar-refractivity contribution in [2.75, 3.05) is 6.61 Å². The van der Waals surface area contributed by atoms with E-state index in [1.165, 1.54) is 15.9 Å². The Balaban J connectivity index is 1.19. The number of hydrogen-bond acceptors (Lipinski definition) is 7. The van der Waals surface area contributed by atoms with E-state index in [2.05, 4.69) is 22.7 Å². The van der Waals surface area contributed by atoms with Gasteiger partial charge in [-0.1, -0.05) is 90.7 Å². The zero-order valence-corrected chi connectivity index (χ0v) is 27.0. The molecule has 8 nitrogen and oxygen atoms in total. The summed E-state index contributed by atoms with van der Waals surface area (Å²) in [6.07, 6.45) is 9.21. The molecule has 0 atom stereocenters. The maximum atomic E-state index is 13.5. The van der Waals surface area contributed by atoms with Crippen LogP contribution in [0.25, 0.3) is 40.1 Å². The van der Waals surface area contributed by atoms with Gasteiger partial charge in [0.15, 0.2) is 5.82 Å². The molecule has 236 valence electrons. The lowest BCUT2D eigenvalue weighted by molar-refractivity contribution is 0.304. The summed E-state index contributed by atoms with van der Waals surface area (Å²) in [7, 11) is 0. The molecule has 7 aromatic rings. The van der Waals surface area contributed by atoms with Crippen molar-refractivity contribution in [1.82, 2.24) is 24.4 Å². The standard InChI is InChI=1S/C39H31N5O3S/c1-3-22-46-33-18-14-28(15-19-33)16-21-36-40-39-44(41-36)38(45)35(48-39)24-31-25-43(32-12-8-5-9-13-32)42-37(31)30-17-20-34(27(2)23-30)47-26-29-10-6-4-7-11-29/h3-21,23-25H,1,22,26H2,2H3/b21-16+,35-24-. The molecule has 0 saturated heterocycles. The molecular formula is C39H31N5O3S. The highest BCUT2D eigenvalue weighted by molar-refractivity contribution is 7.15. The third-order valence-corrected chi connectivity index (χ3v) is 8.57. The molecule has 3 aromatic heterocycles. The number of hydrogen-bond donors (Lipinski definition) is 0. The summed E-state index contributed by atoms with van der Waals surface area (Å²) in [5.41, 5.74) is 6.21. The Labute approximate surface area is 281 Å². The van der Waals surface area contributed by atoms with Gasteiger partial charge in [0.2, 0.25) is 4.96 Å². The Bertz CT molecular complexity index is 2340. The van der Waals surface area contributed by atoms with E-state index in [1.54, 1.807) is 12.2 Å². The summed E-state index contributed by atoms with van der Waals surface area (Å²) >= 11 is 1.30. The van der Waals surface area contributed by atoms with Gasteiger partial charge in [-0.3, -0.25) is 4.79 Å². The SMILES string of the molecule is C=CCOc1ccc(/C=C/c2nc3s/c(=C\c4cn(-c5ccccc5)nc4-c4ccc(OCc5ccccc5)c(C)c4)c(=O)n3n2)cc1. The van der Waals surface area contributed by atoms with Crippen LogP contribution in [0.4, 0.5) is 0 Å². The second-order valence-electron chi connectivity index (χ2n) is 11.0. The zero-order chi connectivity index (χ0) is 32.9. The van der Waals surface area contributed by atoms with Crippen molar-refractivity contribution in [3.63, 3.8) is 0 Å². The van der Waals surface area contributed by atoms with Crippen LogP contribution in [-0.4, -0.2) is 31.0 Å². The van der Waals surface area contributed by atoms with Gasteiger partial charge >= 0.3 is 0 Å². The van der Waals surface area contributed by atoms with Crippen LogP contribution in [0.2, 0.25) is 0 Å². The molecule has 0 bridgehead atoms. The van der Waals surface area contributed by atoms with Crippen molar-refractivity contribution < 1.29 is 9.47 Å². The summed E-state index contributed by atoms with van der Waals surface area (Å²) in [6.45, 7) is 6.63. The molecule has 0 amide bonds. The van der Waals surface area contributed by atoms with Gasteiger partial charge in [0.25, 0.3) is 5.56 Å². The van der Waals surface area contributed by atoms with Crippen LogP contribution >= 0.6 is 11.3 Å². The average molecular weight is 650 g/mol. The van der Waals surface area contributed by atoms with Gasteiger partial charge in [0.05, 0.1) is 10.2 Å². The summed E-state index contributed by atoms with van der Waals surface area (Å²) in [5.74, 6) is 2.03. The molecule has 0 aliphatic heterocycles. The van der Waals surface area contributed by atoms with E-state index in [4.69, 9.17) is 14.6 Å². The van der Waals surface area contributed by atoms with Crippen LogP contribution in [0.15, 0.2) is 127 Å². The molecule has 9 heteroatoms. The fourth-order valence-electron chi connectivity index (χ4n) is 5.19. The lowest BCUT2D eigenvalue weighted by Gasteiger charge is -2.10. The first-order chi connectivity index (χ1) is 23.5. The number of benzene rings is 4. The molecule has 0 spiro atoms. The molecule has 0 aliphatic rings. The van der Waals surface area contributed by atoms with E-state index in [9.17, 15) is 4.79 Å². The van der Waals surface area contributed by atoms with Gasteiger partial charge in [-0.2, -0.15) is 14.6 Å². The highest BCUT2D eigenvalue weighted by Gasteiger charge is 2.15. The minimum absolute atomic E-state index is 0.231. The van der Waals surface area contributed by atoms with Crippen molar-refractivity contribution in [3.05, 3.63) is 165 Å². The highest BCUT2D eigenvalue weighted by Crippen LogP contribution is 2.29. The predicted molar refractivity (Wildman–Crippen MR) is 191 cm³/mol. The Hall–Kier alpha value is -6.06. The van der Waals surface area contributed by atoms with Gasteiger partial charge in [-0.15, -0.1) is 5.10 Å². The van der Waals surface area contributed by atoms with Crippen molar-refractivity contribution in [2.45, 2.75) is 13.5 Å². The first-order valence-electron chi connectivity index (χ1n) is 15.4. The van der Waals surface area contributed by atoms with E-state index in [1.807, 2.05) is 127 Å². The highest BCUT2D eigenvalue weighted by atomic mass is 32.1. The van der Waals surface area contributed by atoms with Gasteiger partial charge in [0.1, 0.15) is 30.4 Å². The number of fused-ring (bicyclic) bond motifs is 1. The van der Waals surface area contributed by atoms with Gasteiger partial charge < -0.3 is 9.47 Å². The third-order valence-electron chi connectivity index (χ3n) is 7.61. The number of para-hydroxylation sites is 1. The minimum Gasteiger partial charge on any atom is -0.490 e. The number of rotatable bonds is 11. The first-order valence-corrected chi connectivity index (χ1v) is 16.2. The van der Waals surface area contributed by atoms with Crippen LogP contribution in [-0.2, 0) is 6.61 Å². The fraction of sp³-hybridized carbons (Fsp3) is 0.0769. The van der Waals surface area contributed by atoms with Crippen LogP contribution in [0.5, 0.6) is 11.5 Å². The molecule has 4 aromatic carbocycles. The van der Waals surface area contributed by atoms with E-state index < -0.39 is 0 Å². The van der Waals surface area contributed by atoms with Crippen molar-refractivity contribution in [3.8, 4) is 28.4 Å². The van der Waals surface area contributed by atoms with E-state index in [-0.39, 0.29) is 5.56 Å². The summed E-state index contributed by atoms with van der Waals surface area (Å²) in [4.78, 5) is 18.6. The van der Waals surface area contributed by atoms with Crippen molar-refractivity contribution in [1.29, 1.82) is 0 Å². The van der Waals surface area contributed by atoms with Gasteiger partial charge in [-0.25, -0.2) is 4.68 Å². The molecule has 48 heavy (non-hydrogen) atoms. The number of aryl methyl sites for hydroxylation is 1. The molecule has 0 saturated carbocycles. The molecule has 0 radical (unpaired) electrons. The zero-order valence-electron chi connectivity index (χ0n) is 26.2. The maximum Gasteiger partial charge on any atom is 0.291 e. The Morgan fingerprint density at radius 2 is 1.65 bits per heavy atom. The monoisotopic (exact) mass is 649 g/mol. The van der Waals surface area contributed by atoms with Crippen molar-refractivity contribution in [2.24, 2.45) is 0 Å². The summed E-state index contributed by atoms with van der Waals surface area (Å²) in [6, 6.07) is 33.7. The molecular weight excluding hydrogens is 619 g/mol. The van der Waals surface area contributed by atoms with E-state index >= 15 is 0 Å². The first kappa shape index (κ1) is 30.6. The summed E-state index contributed by atoms with van der Waals surface area (Å²) in [5, 5.41) is 9.43. The normalized spacial score (nSPS) is 11.8.